The molecule has 3 amide bonds. The largest absolute Gasteiger partial charge is 0.328 e. The molecule has 3 aromatic rings. The maximum absolute atomic E-state index is 14.2. The van der Waals surface area contributed by atoms with Crippen molar-refractivity contribution in [3.05, 3.63) is 71.3 Å². The molecular weight excluding hydrogens is 458 g/mol. The fourth-order valence-corrected chi connectivity index (χ4v) is 5.16. The lowest BCUT2D eigenvalue weighted by molar-refractivity contribution is -0.136. The maximum atomic E-state index is 14.2. The summed E-state index contributed by atoms with van der Waals surface area (Å²) in [7, 11) is 0. The first-order chi connectivity index (χ1) is 18.6. The van der Waals surface area contributed by atoms with E-state index in [-0.39, 0.29) is 31.0 Å². The number of nitrogens with zero attached hydrogens (tertiary/aromatic N) is 6. The summed E-state index contributed by atoms with van der Waals surface area (Å²) in [6, 6.07) is 10.7. The van der Waals surface area contributed by atoms with Crippen LogP contribution in [0.25, 0.3) is 10.4 Å². The summed E-state index contributed by atoms with van der Waals surface area (Å²) in [5.74, 6) is -1.94. The normalized spacial score (nSPS) is 22.9. The summed E-state index contributed by atoms with van der Waals surface area (Å²) in [6.45, 7) is 6.61. The average Bonchev–Trinajstić information content (AvgIpc) is 3.59. The molecule has 0 bridgehead atoms. The molecule has 10 heteroatoms. The van der Waals surface area contributed by atoms with Crippen LogP contribution in [0.4, 0.5) is 5.69 Å². The van der Waals surface area contributed by atoms with Crippen LogP contribution in [0, 0.1) is 6.57 Å². The van der Waals surface area contributed by atoms with Gasteiger partial charge >= 0.3 is 6.17 Å². The fraction of sp³-hybridized carbons (Fsp3) is 0.385. The number of pyridine rings is 1. The van der Waals surface area contributed by atoms with Gasteiger partial charge in [-0.1, -0.05) is 49.2 Å². The number of para-hydroxylation sites is 1. The van der Waals surface area contributed by atoms with Crippen LogP contribution >= 0.6 is 0 Å². The number of benzene rings is 1. The number of nitrogens with one attached hydrogen (secondary N) is 1. The summed E-state index contributed by atoms with van der Waals surface area (Å²) in [4.78, 5) is 46.6. The number of fused-ring (bicyclic) bond motifs is 3. The third kappa shape index (κ3) is 3.59. The van der Waals surface area contributed by atoms with Gasteiger partial charge in [-0.3, -0.25) is 24.1 Å². The Labute approximate surface area is 212 Å². The summed E-state index contributed by atoms with van der Waals surface area (Å²) < 4.78 is 26.0. The topological polar surface area (TPSA) is 104 Å². The van der Waals surface area contributed by atoms with Gasteiger partial charge in [0.15, 0.2) is 5.69 Å². The van der Waals surface area contributed by atoms with Gasteiger partial charge in [0.05, 0.1) is 11.9 Å². The quantitative estimate of drug-likeness (QED) is 0.538. The van der Waals surface area contributed by atoms with Crippen molar-refractivity contribution >= 4 is 28.9 Å². The van der Waals surface area contributed by atoms with Gasteiger partial charge in [0.25, 0.3) is 11.8 Å². The van der Waals surface area contributed by atoms with Crippen LogP contribution in [0.2, 0.25) is 0 Å². The molecule has 5 rings (SSSR count). The van der Waals surface area contributed by atoms with Crippen molar-refractivity contribution in [2.45, 2.75) is 50.2 Å². The molecule has 0 radical (unpaired) electrons. The molecule has 1 saturated heterocycles. The highest BCUT2D eigenvalue weighted by Gasteiger charge is 2.59. The highest BCUT2D eigenvalue weighted by atomic mass is 16.2. The predicted octanol–water partition coefficient (Wildman–Crippen LogP) is 2.73. The summed E-state index contributed by atoms with van der Waals surface area (Å²) in [5, 5.41) is 10.7. The van der Waals surface area contributed by atoms with E-state index in [1.165, 1.54) is 9.42 Å². The zero-order valence-corrected chi connectivity index (χ0v) is 19.7. The van der Waals surface area contributed by atoms with E-state index in [1.807, 2.05) is 6.92 Å². The molecule has 0 aliphatic carbocycles. The highest BCUT2D eigenvalue weighted by Crippen LogP contribution is 2.46. The number of likely N-dealkylation sites (tertiary alicyclic amines) is 1. The number of likely N-dealkylation sites (N-methyl/N-ethyl adjacent to an activating group) is 1. The number of unbranched alkanes of at least 4 members (excludes halogenated alkanes) is 1. The minimum Gasteiger partial charge on any atom is -0.328 e. The molecular formula is C26H27N7O3. The van der Waals surface area contributed by atoms with Crippen molar-refractivity contribution in [2.75, 3.05) is 18.8 Å². The van der Waals surface area contributed by atoms with Crippen LogP contribution in [0.5, 0.6) is 0 Å². The lowest BCUT2D eigenvalue weighted by atomic mass is 9.80. The van der Waals surface area contributed by atoms with Gasteiger partial charge < -0.3 is 10.2 Å². The van der Waals surface area contributed by atoms with Crippen LogP contribution in [-0.2, 0) is 15.0 Å². The molecule has 1 aromatic carbocycles. The molecule has 1 spiro atoms. The SMILES string of the molecule is [2H]C([2H])([2H])N(C(=O)c1nnn2ccccc12)[C@@H](CCCC)C(=O)N1C[C@]2(C[C@H]1[N+]#[C-])C(=O)Nc1ccccc12. The molecule has 184 valence electrons. The second kappa shape index (κ2) is 9.07. The number of anilines is 1. The molecule has 4 heterocycles. The molecule has 0 unspecified atom stereocenters. The average molecular weight is 489 g/mol. The van der Waals surface area contributed by atoms with Crippen LogP contribution in [0.3, 0.4) is 0 Å². The number of carbonyl (C=O) groups is 3. The van der Waals surface area contributed by atoms with Gasteiger partial charge in [-0.2, -0.15) is 0 Å². The van der Waals surface area contributed by atoms with E-state index in [0.29, 0.717) is 34.5 Å². The van der Waals surface area contributed by atoms with E-state index < -0.39 is 36.4 Å². The van der Waals surface area contributed by atoms with Gasteiger partial charge in [0.1, 0.15) is 11.5 Å². The maximum Gasteiger partial charge on any atom is 0.302 e. The van der Waals surface area contributed by atoms with Crippen LogP contribution in [-0.4, -0.2) is 68.1 Å². The molecule has 10 nitrogen and oxygen atoms in total. The lowest BCUT2D eigenvalue weighted by Crippen LogP contribution is -2.51. The number of amides is 3. The van der Waals surface area contributed by atoms with Gasteiger partial charge in [-0.05, 0) is 30.2 Å². The molecule has 3 atom stereocenters. The lowest BCUT2D eigenvalue weighted by Gasteiger charge is -2.31. The van der Waals surface area contributed by atoms with E-state index in [0.717, 1.165) is 0 Å². The first kappa shape index (κ1) is 20.0. The van der Waals surface area contributed by atoms with E-state index in [4.69, 9.17) is 10.7 Å². The van der Waals surface area contributed by atoms with Crippen molar-refractivity contribution in [3.63, 3.8) is 0 Å². The van der Waals surface area contributed by atoms with Gasteiger partial charge in [0, 0.05) is 29.5 Å². The van der Waals surface area contributed by atoms with E-state index in [1.54, 1.807) is 48.7 Å². The molecule has 2 aliphatic heterocycles. The Bertz CT molecular complexity index is 1500. The van der Waals surface area contributed by atoms with Crippen LogP contribution < -0.4 is 5.32 Å². The Hall–Kier alpha value is -4.26. The Balaban J connectivity index is 1.54. The van der Waals surface area contributed by atoms with Gasteiger partial charge in [0.2, 0.25) is 5.91 Å². The predicted molar refractivity (Wildman–Crippen MR) is 132 cm³/mol. The molecule has 2 aromatic heterocycles. The van der Waals surface area contributed by atoms with Crippen LogP contribution in [0.1, 0.15) is 52.8 Å². The van der Waals surface area contributed by atoms with E-state index in [2.05, 4.69) is 20.5 Å². The van der Waals surface area contributed by atoms with Gasteiger partial charge in [-0.15, -0.1) is 5.10 Å². The van der Waals surface area contributed by atoms with Crippen LogP contribution in [0.15, 0.2) is 48.7 Å². The highest BCUT2D eigenvalue weighted by molar-refractivity contribution is 6.07. The molecule has 1 fully saturated rings. The molecule has 2 aliphatic rings. The van der Waals surface area contributed by atoms with Gasteiger partial charge in [-0.25, -0.2) is 11.1 Å². The summed E-state index contributed by atoms with van der Waals surface area (Å²) in [6.07, 6.45) is 1.82. The van der Waals surface area contributed by atoms with Crippen molar-refractivity contribution in [2.24, 2.45) is 0 Å². The minimum absolute atomic E-state index is 0.0652. The molecule has 1 N–H and O–H groups in total. The third-order valence-electron chi connectivity index (χ3n) is 7.06. The minimum atomic E-state index is -2.99. The Morgan fingerprint density at radius 3 is 2.92 bits per heavy atom. The van der Waals surface area contributed by atoms with Crippen molar-refractivity contribution in [1.29, 1.82) is 0 Å². The first-order valence-electron chi connectivity index (χ1n) is 13.3. The number of aromatic nitrogens is 3. The fourth-order valence-electron chi connectivity index (χ4n) is 5.16. The molecule has 36 heavy (non-hydrogen) atoms. The zero-order valence-electron chi connectivity index (χ0n) is 22.7. The summed E-state index contributed by atoms with van der Waals surface area (Å²) >= 11 is 0. The standard InChI is InChI=1S/C26H27N7O3/c1-4-5-12-20(31(3)24(35)22-19-13-8-9-14-33(19)30-29-22)23(34)32-16-26(15-21(32)27-2)17-10-6-7-11-18(17)28-25(26)36/h6-11,13-14,20-21H,4-5,12,15-16H2,1,3H3,(H,28,36)/t20-,21-,26-/m0/s1/i3D3. The Morgan fingerprint density at radius 1 is 1.33 bits per heavy atom. The second-order valence-corrected chi connectivity index (χ2v) is 9.16. The first-order valence-corrected chi connectivity index (χ1v) is 11.8. The van der Waals surface area contributed by atoms with E-state index >= 15 is 0 Å². The summed E-state index contributed by atoms with van der Waals surface area (Å²) in [5.41, 5.74) is 0.307. The third-order valence-corrected chi connectivity index (χ3v) is 7.06. The number of carbonyl (C=O) groups excluding carboxylic acids is 3. The van der Waals surface area contributed by atoms with Crippen molar-refractivity contribution < 1.29 is 18.5 Å². The number of hydrogen-bond acceptors (Lipinski definition) is 5. The smallest absolute Gasteiger partial charge is 0.302 e. The Morgan fingerprint density at radius 2 is 2.14 bits per heavy atom. The van der Waals surface area contributed by atoms with E-state index in [9.17, 15) is 14.4 Å². The van der Waals surface area contributed by atoms with Crippen molar-refractivity contribution in [3.8, 4) is 0 Å². The number of hydrogen-bond donors (Lipinski definition) is 1. The van der Waals surface area contributed by atoms with Crippen molar-refractivity contribution in [1.82, 2.24) is 24.6 Å². The molecule has 0 saturated carbocycles. The Kier molecular flexibility index (Phi) is 5.04. The second-order valence-electron chi connectivity index (χ2n) is 9.16. The zero-order chi connectivity index (χ0) is 27.9. The monoisotopic (exact) mass is 488 g/mol. The number of rotatable bonds is 6.